The van der Waals surface area contributed by atoms with E-state index >= 15 is 0 Å². The van der Waals surface area contributed by atoms with Crippen LogP contribution in [0.3, 0.4) is 0 Å². The fraction of sp³-hybridized carbons (Fsp3) is 0.594. The molecule has 0 saturated heterocycles. The van der Waals surface area contributed by atoms with Crippen LogP contribution in [0.15, 0.2) is 83.5 Å². The Bertz CT molecular complexity index is 2350. The van der Waals surface area contributed by atoms with Crippen molar-refractivity contribution < 1.29 is 32.7 Å². The first-order valence-electron chi connectivity index (χ1n) is 28.2. The zero-order valence-corrected chi connectivity index (χ0v) is 46.0. The molecule has 8 rings (SSSR count). The highest BCUT2D eigenvalue weighted by Crippen LogP contribution is 2.56. The molecule has 5 aliphatic rings. The average Bonchev–Trinajstić information content (AvgIpc) is 3.29. The van der Waals surface area contributed by atoms with E-state index in [9.17, 15) is 20.4 Å². The number of ether oxygens (including phenoxy) is 2. The number of unbranched alkanes of at least 4 members (excludes halogenated alkanes) is 6. The number of aromatic hydroxyl groups is 4. The van der Waals surface area contributed by atoms with Crippen molar-refractivity contribution in [2.45, 2.75) is 227 Å². The quantitative estimate of drug-likeness (QED) is 0.0730. The third-order valence-corrected chi connectivity index (χ3v) is 16.2. The van der Waals surface area contributed by atoms with Crippen molar-refractivity contribution in [1.82, 2.24) is 0 Å². The maximum atomic E-state index is 10.7. The van der Waals surface area contributed by atoms with Gasteiger partial charge >= 0.3 is 1.43 Å². The number of phenolic OH excluding ortho intramolecular Hbond substituents is 4. The lowest BCUT2D eigenvalue weighted by atomic mass is 9.67. The largest absolute Gasteiger partial charge is 1.00 e. The van der Waals surface area contributed by atoms with Crippen molar-refractivity contribution in [2.24, 2.45) is 17.8 Å². The molecule has 2 aliphatic heterocycles. The number of aryl methyl sites for hydroxylation is 3. The molecule has 3 aromatic carbocycles. The normalized spacial score (nSPS) is 23.4. The van der Waals surface area contributed by atoms with Gasteiger partial charge < -0.3 is 29.9 Å². The number of hydrogen-bond acceptors (Lipinski definition) is 6. The fourth-order valence-electron chi connectivity index (χ4n) is 12.3. The van der Waals surface area contributed by atoms with E-state index in [-0.39, 0.29) is 48.7 Å². The molecule has 0 fully saturated rings. The van der Waals surface area contributed by atoms with Gasteiger partial charge in [0.2, 0.25) is 0 Å². The molecule has 2 heterocycles. The first kappa shape index (κ1) is 55.8. The third-order valence-electron chi connectivity index (χ3n) is 16.2. The van der Waals surface area contributed by atoms with E-state index in [1.807, 2.05) is 31.2 Å². The first-order chi connectivity index (χ1) is 34.2. The molecule has 1 unspecified atom stereocenters. The Morgan fingerprint density at radius 3 is 1.55 bits per heavy atom. The second-order valence-electron chi connectivity index (χ2n) is 22.8. The van der Waals surface area contributed by atoms with Gasteiger partial charge in [0.15, 0.2) is 0 Å². The summed E-state index contributed by atoms with van der Waals surface area (Å²) < 4.78 is 18.7. The van der Waals surface area contributed by atoms with Gasteiger partial charge in [-0.05, 0) is 191 Å². The Labute approximate surface area is 435 Å². The molecule has 7 heteroatoms. The van der Waals surface area contributed by atoms with E-state index in [4.69, 9.17) is 10.8 Å². The number of fused-ring (bicyclic) bond motifs is 6. The van der Waals surface area contributed by atoms with Crippen LogP contribution in [0, 0.1) is 17.8 Å². The van der Waals surface area contributed by atoms with E-state index < -0.39 is 0 Å². The van der Waals surface area contributed by atoms with E-state index in [0.29, 0.717) is 34.8 Å². The highest BCUT2D eigenvalue weighted by molar-refractivity contribution is 6.05. The maximum absolute atomic E-state index is 10.7. The average molecular weight is 971 g/mol. The van der Waals surface area contributed by atoms with E-state index in [0.717, 1.165) is 98.0 Å². The summed E-state index contributed by atoms with van der Waals surface area (Å²) in [5, 5.41) is 42.5. The Kier molecular flexibility index (Phi) is 20.4. The van der Waals surface area contributed by atoms with E-state index in [1.54, 1.807) is 0 Å². The molecule has 0 bridgehead atoms. The summed E-state index contributed by atoms with van der Waals surface area (Å²) >= 11 is 0. The minimum Gasteiger partial charge on any atom is -0.508 e. The van der Waals surface area contributed by atoms with Gasteiger partial charge in [-0.15, -0.1) is 0 Å². The molecule has 2 radical (unpaired) electrons. The predicted octanol–water partition coefficient (Wildman–Crippen LogP) is 17.6. The summed E-state index contributed by atoms with van der Waals surface area (Å²) in [6, 6.07) is 11.9. The van der Waals surface area contributed by atoms with Gasteiger partial charge in [0.05, 0.1) is 7.85 Å². The summed E-state index contributed by atoms with van der Waals surface area (Å²) in [5.74, 6) is 4.96. The van der Waals surface area contributed by atoms with Crippen molar-refractivity contribution in [3.63, 3.8) is 0 Å². The van der Waals surface area contributed by atoms with Crippen LogP contribution in [0.2, 0.25) is 6.80 Å². The van der Waals surface area contributed by atoms with E-state index in [2.05, 4.69) is 114 Å². The summed E-state index contributed by atoms with van der Waals surface area (Å²) in [6.07, 6.45) is 26.9. The van der Waals surface area contributed by atoms with Crippen LogP contribution in [0.5, 0.6) is 34.5 Å². The lowest BCUT2D eigenvalue weighted by molar-refractivity contribution is 0.00748. The van der Waals surface area contributed by atoms with Crippen LogP contribution in [0.4, 0.5) is 0 Å². The number of phenols is 4. The summed E-state index contributed by atoms with van der Waals surface area (Å²) in [6.45, 7) is 28.1. The van der Waals surface area contributed by atoms with Crippen molar-refractivity contribution in [2.75, 3.05) is 0 Å². The number of benzene rings is 3. The van der Waals surface area contributed by atoms with Crippen molar-refractivity contribution in [3.05, 3.63) is 117 Å². The molecule has 3 aliphatic carbocycles. The maximum Gasteiger partial charge on any atom is 1.00 e. The van der Waals surface area contributed by atoms with Crippen LogP contribution in [0.25, 0.3) is 0 Å². The molecule has 6 nitrogen and oxygen atoms in total. The van der Waals surface area contributed by atoms with Gasteiger partial charge in [-0.25, -0.2) is 0 Å². The Balaban J connectivity index is 0.000000229. The molecule has 71 heavy (non-hydrogen) atoms. The zero-order valence-electron chi connectivity index (χ0n) is 48.0. The van der Waals surface area contributed by atoms with Gasteiger partial charge in [-0.3, -0.25) is 0 Å². The topological polar surface area (TPSA) is 99.4 Å². The van der Waals surface area contributed by atoms with Crippen LogP contribution in [0.1, 0.15) is 226 Å². The lowest BCUT2D eigenvalue weighted by Crippen LogP contribution is -2.45. The molecule has 6 atom stereocenters. The number of hydrogen-bond donors (Lipinski definition) is 4. The highest BCUT2D eigenvalue weighted by atomic mass is 16.5. The summed E-state index contributed by atoms with van der Waals surface area (Å²) in [5.41, 5.74) is 11.1. The molecule has 0 aromatic heterocycles. The van der Waals surface area contributed by atoms with Crippen LogP contribution >= 0.6 is 0 Å². The molecule has 0 amide bonds. The zero-order chi connectivity index (χ0) is 52.9. The van der Waals surface area contributed by atoms with Crippen molar-refractivity contribution in [1.29, 1.82) is 0 Å². The minimum atomic E-state index is -0.177. The van der Waals surface area contributed by atoms with Crippen LogP contribution in [-0.2, 0) is 19.3 Å². The van der Waals surface area contributed by atoms with Gasteiger partial charge in [-0.2, -0.15) is 0 Å². The molecule has 388 valence electrons. The molecule has 4 N–H and O–H groups in total. The molecule has 3 aromatic rings. The molecular weight excluding hydrogens is 876 g/mol. The second kappa shape index (κ2) is 25.9. The highest BCUT2D eigenvalue weighted by Gasteiger charge is 2.47. The molecule has 0 saturated carbocycles. The predicted molar refractivity (Wildman–Crippen MR) is 300 cm³/mol. The lowest BCUT2D eigenvalue weighted by Gasteiger charge is -2.47. The Morgan fingerprint density at radius 1 is 0.634 bits per heavy atom. The first-order valence-corrected chi connectivity index (χ1v) is 27.5. The summed E-state index contributed by atoms with van der Waals surface area (Å²) in [7, 11) is 4.51. The van der Waals surface area contributed by atoms with Crippen LogP contribution in [-0.4, -0.2) is 39.5 Å². The molecule has 0 spiro atoms. The molecular formula is C64H94BO6+. The van der Waals surface area contributed by atoms with Gasteiger partial charge in [0, 0.05) is 47.7 Å². The number of rotatable bonds is 14. The second-order valence-corrected chi connectivity index (χ2v) is 22.8. The minimum absolute atomic E-state index is 0. The number of allylic oxidation sites excluding steroid dienone is 7. The van der Waals surface area contributed by atoms with Gasteiger partial charge in [-0.1, -0.05) is 113 Å². The SMILES string of the molecule is C=C(C)[C@@H]1CCC(C)=CC1c1c(O)cc(CCCCC)cc1O.CCCCCc1cc(O)c2c(c1)OC(C)(C)[C@@H]1CC=C(C)C[C@@H]21.CCCCCc1cc(O)c2c(c1)OC(C)(C)[C@@H]1CCC(C)=C[C@@H]21.[2H]C[B].[H+]. The van der Waals surface area contributed by atoms with Gasteiger partial charge in [0.1, 0.15) is 45.7 Å². The van der Waals surface area contributed by atoms with Gasteiger partial charge in [0.25, 0.3) is 0 Å². The standard InChI is InChI=1S/3C21H30O2.CH3B/c2*1-5-6-7-8-15-12-18(22)20-16-11-14(2)9-10-17(16)21(3,4)23-19(20)13-15;1-5-6-7-8-16-12-19(22)21(20(23)13-16)18-11-15(4)9-10-17(18)14(2)3;1-2/h11-13,16-17,22H,5-10H2,1-4H3;9,12-13,16-17,22H,5-8,10-11H2,1-4H3;11-13,17-18,22-23H,2,5-10H2,1,3-4H3;1H3/p+1/t2*16-,17-;17-,18?;/m110./s1/i;;;1D. The van der Waals surface area contributed by atoms with Crippen molar-refractivity contribution in [3.8, 4) is 34.5 Å². The monoisotopic (exact) mass is 971 g/mol. The van der Waals surface area contributed by atoms with Crippen molar-refractivity contribution >= 4 is 7.85 Å². The summed E-state index contributed by atoms with van der Waals surface area (Å²) in [4.78, 5) is 0. The Hall–Kier alpha value is -4.52. The smallest absolute Gasteiger partial charge is 0.508 e. The fourth-order valence-corrected chi connectivity index (χ4v) is 12.3. The third kappa shape index (κ3) is 14.4. The Morgan fingerprint density at radius 2 is 1.06 bits per heavy atom. The van der Waals surface area contributed by atoms with E-state index in [1.165, 1.54) is 79.2 Å². The van der Waals surface area contributed by atoms with Crippen LogP contribution < -0.4 is 9.47 Å².